The maximum absolute atomic E-state index is 12.7. The van der Waals surface area contributed by atoms with Gasteiger partial charge in [-0.05, 0) is 79.1 Å². The first-order valence-electron chi connectivity index (χ1n) is 10.6. The van der Waals surface area contributed by atoms with Crippen LogP contribution in [-0.4, -0.2) is 54.9 Å². The highest BCUT2D eigenvalue weighted by molar-refractivity contribution is 8.18. The van der Waals surface area contributed by atoms with Crippen molar-refractivity contribution in [2.75, 3.05) is 19.6 Å². The monoisotopic (exact) mass is 520 g/mol. The van der Waals surface area contributed by atoms with Gasteiger partial charge in [0.05, 0.1) is 4.91 Å². The minimum Gasteiger partial charge on any atom is -0.379 e. The average molecular weight is 521 g/mol. The second-order valence-electron chi connectivity index (χ2n) is 7.77. The Bertz CT molecular complexity index is 1240. The molecule has 2 aromatic rings. The summed E-state index contributed by atoms with van der Waals surface area (Å²) in [5.41, 5.74) is 0.573. The molecule has 2 aromatic carbocycles. The van der Waals surface area contributed by atoms with Gasteiger partial charge in [0.1, 0.15) is 17.2 Å². The molecule has 11 heteroatoms. The van der Waals surface area contributed by atoms with Crippen molar-refractivity contribution < 1.29 is 27.0 Å². The number of amides is 3. The van der Waals surface area contributed by atoms with E-state index in [1.165, 1.54) is 42.5 Å². The molecule has 2 fully saturated rings. The number of nitrogens with zero attached hydrogens (tertiary/aromatic N) is 2. The number of rotatable bonds is 6. The number of thioether (sulfide) groups is 1. The molecule has 4 rings (SSSR count). The fourth-order valence-corrected chi connectivity index (χ4v) is 5.46. The van der Waals surface area contributed by atoms with Crippen molar-refractivity contribution >= 4 is 56.6 Å². The highest BCUT2D eigenvalue weighted by Gasteiger charge is 2.37. The third-order valence-corrected chi connectivity index (χ3v) is 7.78. The molecule has 2 saturated heterocycles. The summed E-state index contributed by atoms with van der Waals surface area (Å²) < 4.78 is 29.9. The van der Waals surface area contributed by atoms with Crippen molar-refractivity contribution in [3.63, 3.8) is 0 Å². The number of likely N-dealkylation sites (tertiary alicyclic amines) is 1. The highest BCUT2D eigenvalue weighted by Crippen LogP contribution is 2.32. The van der Waals surface area contributed by atoms with Crippen LogP contribution in [0.5, 0.6) is 5.75 Å². The van der Waals surface area contributed by atoms with Gasteiger partial charge < -0.3 is 9.08 Å². The van der Waals surface area contributed by atoms with Gasteiger partial charge in [0, 0.05) is 18.1 Å². The highest BCUT2D eigenvalue weighted by atomic mass is 35.5. The van der Waals surface area contributed by atoms with E-state index in [2.05, 4.69) is 0 Å². The lowest BCUT2D eigenvalue weighted by Gasteiger charge is -2.27. The molecule has 8 nitrogen and oxygen atoms in total. The van der Waals surface area contributed by atoms with Crippen LogP contribution in [0.3, 0.4) is 0 Å². The number of hydrogen-bond donors (Lipinski definition) is 0. The first kappa shape index (κ1) is 24.3. The van der Waals surface area contributed by atoms with Gasteiger partial charge in [-0.3, -0.25) is 19.3 Å². The van der Waals surface area contributed by atoms with Gasteiger partial charge in [0.25, 0.3) is 11.1 Å². The molecule has 0 aromatic heterocycles. The minimum absolute atomic E-state index is 0.0336. The van der Waals surface area contributed by atoms with Crippen LogP contribution in [-0.2, 0) is 19.7 Å². The molecular weight excluding hydrogens is 500 g/mol. The van der Waals surface area contributed by atoms with Gasteiger partial charge in [0.2, 0.25) is 5.91 Å². The number of benzene rings is 2. The van der Waals surface area contributed by atoms with E-state index < -0.39 is 21.3 Å². The summed E-state index contributed by atoms with van der Waals surface area (Å²) in [6.07, 6.45) is 4.45. The molecule has 0 N–H and O–H groups in total. The number of imide groups is 1. The predicted molar refractivity (Wildman–Crippen MR) is 129 cm³/mol. The lowest BCUT2D eigenvalue weighted by molar-refractivity contribution is -0.136. The van der Waals surface area contributed by atoms with Crippen LogP contribution < -0.4 is 4.18 Å². The van der Waals surface area contributed by atoms with Gasteiger partial charge in [-0.2, -0.15) is 8.42 Å². The summed E-state index contributed by atoms with van der Waals surface area (Å²) in [6, 6.07) is 11.6. The summed E-state index contributed by atoms with van der Waals surface area (Å²) >= 11 is 6.56. The maximum Gasteiger partial charge on any atom is 0.339 e. The fourth-order valence-electron chi connectivity index (χ4n) is 3.56. The van der Waals surface area contributed by atoms with Gasteiger partial charge in [0.15, 0.2) is 0 Å². The minimum atomic E-state index is -4.03. The summed E-state index contributed by atoms with van der Waals surface area (Å²) in [5.74, 6) is -0.662. The van der Waals surface area contributed by atoms with Crippen molar-refractivity contribution in [1.82, 2.24) is 9.80 Å². The molecule has 0 saturated carbocycles. The summed E-state index contributed by atoms with van der Waals surface area (Å²) in [6.45, 7) is 1.03. The first-order chi connectivity index (χ1) is 16.2. The Labute approximate surface area is 206 Å². The molecular formula is C23H21ClN2O6S2. The third-order valence-electron chi connectivity index (χ3n) is 5.36. The van der Waals surface area contributed by atoms with Crippen molar-refractivity contribution in [3.05, 3.63) is 64.0 Å². The second-order valence-corrected chi connectivity index (χ2v) is 10.7. The molecule has 34 heavy (non-hydrogen) atoms. The maximum atomic E-state index is 12.7. The Morgan fingerprint density at radius 3 is 2.29 bits per heavy atom. The molecule has 0 bridgehead atoms. The Kier molecular flexibility index (Phi) is 7.30. The molecule has 2 heterocycles. The van der Waals surface area contributed by atoms with E-state index in [1.54, 1.807) is 17.0 Å². The second kappa shape index (κ2) is 10.2. The molecule has 0 atom stereocenters. The molecule has 178 valence electrons. The van der Waals surface area contributed by atoms with E-state index in [0.29, 0.717) is 23.7 Å². The van der Waals surface area contributed by atoms with E-state index in [4.69, 9.17) is 15.8 Å². The van der Waals surface area contributed by atoms with E-state index in [-0.39, 0.29) is 28.0 Å². The Hall–Kier alpha value is -2.82. The lowest BCUT2D eigenvalue weighted by Crippen LogP contribution is -2.44. The van der Waals surface area contributed by atoms with Gasteiger partial charge in [-0.15, -0.1) is 0 Å². The van der Waals surface area contributed by atoms with Crippen molar-refractivity contribution in [3.8, 4) is 5.75 Å². The van der Waals surface area contributed by atoms with E-state index in [0.717, 1.165) is 35.9 Å². The van der Waals surface area contributed by atoms with Gasteiger partial charge in [-0.1, -0.05) is 23.7 Å². The number of carbonyl (C=O) groups excluding carboxylic acids is 3. The van der Waals surface area contributed by atoms with E-state index in [9.17, 15) is 22.8 Å². The zero-order valence-electron chi connectivity index (χ0n) is 18.0. The van der Waals surface area contributed by atoms with Crippen LogP contribution in [0.4, 0.5) is 4.79 Å². The standard InChI is InChI=1S/C23H21ClN2O6S2/c24-17-6-10-19(11-7-17)34(30,31)32-18-8-4-16(5-9-18)14-20-22(28)26(23(29)33-20)15-21(27)25-12-2-1-3-13-25/h4-11,14H,1-3,12-13,15H2/b20-14-. The number of carbonyl (C=O) groups is 3. The lowest BCUT2D eigenvalue weighted by atomic mass is 10.1. The van der Waals surface area contributed by atoms with Crippen LogP contribution >= 0.6 is 23.4 Å². The Morgan fingerprint density at radius 2 is 1.65 bits per heavy atom. The molecule has 0 spiro atoms. The smallest absolute Gasteiger partial charge is 0.339 e. The van der Waals surface area contributed by atoms with Gasteiger partial charge in [-0.25, -0.2) is 0 Å². The number of halogens is 1. The molecule has 2 aliphatic heterocycles. The van der Waals surface area contributed by atoms with Crippen LogP contribution in [0.25, 0.3) is 6.08 Å². The topological polar surface area (TPSA) is 101 Å². The average Bonchev–Trinajstić information content (AvgIpc) is 3.08. The first-order valence-corrected chi connectivity index (χ1v) is 13.2. The Morgan fingerprint density at radius 1 is 1.00 bits per heavy atom. The van der Waals surface area contributed by atoms with Crippen LogP contribution in [0.1, 0.15) is 24.8 Å². The third kappa shape index (κ3) is 5.63. The predicted octanol–water partition coefficient (Wildman–Crippen LogP) is 4.16. The van der Waals surface area contributed by atoms with Crippen LogP contribution in [0.15, 0.2) is 58.3 Å². The molecule has 2 aliphatic rings. The zero-order valence-corrected chi connectivity index (χ0v) is 20.4. The van der Waals surface area contributed by atoms with Crippen LogP contribution in [0, 0.1) is 0 Å². The van der Waals surface area contributed by atoms with Crippen LogP contribution in [0.2, 0.25) is 5.02 Å². The molecule has 0 unspecified atom stereocenters. The van der Waals surface area contributed by atoms with Gasteiger partial charge >= 0.3 is 10.1 Å². The van der Waals surface area contributed by atoms with Crippen molar-refractivity contribution in [1.29, 1.82) is 0 Å². The van der Waals surface area contributed by atoms with Crippen molar-refractivity contribution in [2.24, 2.45) is 0 Å². The number of hydrogen-bond acceptors (Lipinski definition) is 7. The SMILES string of the molecule is O=C(CN1C(=O)S/C(=C\c2ccc(OS(=O)(=O)c3ccc(Cl)cc3)cc2)C1=O)N1CCCCC1. The molecule has 0 radical (unpaired) electrons. The van der Waals surface area contributed by atoms with Crippen molar-refractivity contribution in [2.45, 2.75) is 24.2 Å². The van der Waals surface area contributed by atoms with E-state index in [1.807, 2.05) is 0 Å². The van der Waals surface area contributed by atoms with E-state index >= 15 is 0 Å². The quantitative estimate of drug-likeness (QED) is 0.416. The molecule has 0 aliphatic carbocycles. The molecule has 3 amide bonds. The largest absolute Gasteiger partial charge is 0.379 e. The summed E-state index contributed by atoms with van der Waals surface area (Å²) in [7, 11) is -4.03. The zero-order chi connectivity index (χ0) is 24.3. The Balaban J connectivity index is 1.42. The normalized spacial score (nSPS) is 18.0. The fraction of sp³-hybridized carbons (Fsp3) is 0.261. The summed E-state index contributed by atoms with van der Waals surface area (Å²) in [4.78, 5) is 40.3. The summed E-state index contributed by atoms with van der Waals surface area (Å²) in [5, 5.41) is -0.0841. The number of piperidine rings is 1.